The van der Waals surface area contributed by atoms with Crippen molar-refractivity contribution in [3.63, 3.8) is 0 Å². The Bertz CT molecular complexity index is 1360. The lowest BCUT2D eigenvalue weighted by molar-refractivity contribution is -0.136. The lowest BCUT2D eigenvalue weighted by atomic mass is 9.99. The van der Waals surface area contributed by atoms with E-state index in [1.807, 2.05) is 12.1 Å². The number of amides is 3. The molecule has 0 radical (unpaired) electrons. The van der Waals surface area contributed by atoms with Gasteiger partial charge in [0.2, 0.25) is 11.8 Å². The first kappa shape index (κ1) is 20.8. The van der Waals surface area contributed by atoms with Gasteiger partial charge in [0.1, 0.15) is 11.8 Å². The second-order valence-corrected chi connectivity index (χ2v) is 9.23. The normalized spacial score (nSPS) is 20.9. The Balaban J connectivity index is 1.25. The predicted molar refractivity (Wildman–Crippen MR) is 117 cm³/mol. The van der Waals surface area contributed by atoms with Gasteiger partial charge in [-0.2, -0.15) is 0 Å². The van der Waals surface area contributed by atoms with Gasteiger partial charge >= 0.3 is 6.01 Å². The van der Waals surface area contributed by atoms with Gasteiger partial charge in [-0.25, -0.2) is 0 Å². The first-order chi connectivity index (χ1) is 16.3. The number of hydrogen-bond acceptors (Lipinski definition) is 9. The number of nitrogens with one attached hydrogen (secondary N) is 2. The summed E-state index contributed by atoms with van der Waals surface area (Å²) in [4.78, 5) is 38.5. The van der Waals surface area contributed by atoms with Gasteiger partial charge in [0, 0.05) is 35.2 Å². The highest BCUT2D eigenvalue weighted by atomic mass is 35.5. The van der Waals surface area contributed by atoms with E-state index < -0.39 is 17.5 Å². The first-order valence-electron chi connectivity index (χ1n) is 10.9. The molecular formula is C22H19ClN6O5. The molecule has 0 spiro atoms. The molecule has 1 aromatic carbocycles. The number of carbonyl (C=O) groups excluding carboxylic acids is 3. The maximum Gasteiger partial charge on any atom is 0.316 e. The first-order valence-corrected chi connectivity index (χ1v) is 11.2. The average Bonchev–Trinajstić information content (AvgIpc) is 3.08. The Morgan fingerprint density at radius 3 is 2.74 bits per heavy atom. The van der Waals surface area contributed by atoms with E-state index >= 15 is 0 Å². The van der Waals surface area contributed by atoms with Crippen LogP contribution in [0.15, 0.2) is 27.1 Å². The molecule has 1 saturated carbocycles. The molecule has 0 bridgehead atoms. The number of aryl methyl sites for hydroxylation is 1. The standard InChI is InChI=1S/C22H19ClN6O5/c1-10-6-15(28-34-10)19-26-27-21(33-19)25-22(4-5-22)11-7-12-13(14(23)8-11)9-29(20(12)32)16-2-3-17(30)24-18(16)31/h6-8,16H,2-5,9H2,1H3,(H,25,27)(H,24,30,31). The predicted octanol–water partition coefficient (Wildman–Crippen LogP) is 2.55. The fourth-order valence-electron chi connectivity index (χ4n) is 4.55. The zero-order valence-corrected chi connectivity index (χ0v) is 18.8. The maximum atomic E-state index is 13.2. The van der Waals surface area contributed by atoms with Crippen molar-refractivity contribution < 1.29 is 23.3 Å². The summed E-state index contributed by atoms with van der Waals surface area (Å²) < 4.78 is 10.8. The summed E-state index contributed by atoms with van der Waals surface area (Å²) in [6, 6.07) is 4.88. The second kappa shape index (κ2) is 7.39. The summed E-state index contributed by atoms with van der Waals surface area (Å²) in [6.07, 6.45) is 2.06. The highest BCUT2D eigenvalue weighted by molar-refractivity contribution is 6.32. The molecule has 174 valence electrons. The van der Waals surface area contributed by atoms with E-state index in [1.54, 1.807) is 13.0 Å². The third-order valence-corrected chi connectivity index (χ3v) is 6.86. The molecule has 4 heterocycles. The molecule has 11 nitrogen and oxygen atoms in total. The van der Waals surface area contributed by atoms with Crippen molar-refractivity contribution in [1.29, 1.82) is 0 Å². The van der Waals surface area contributed by atoms with Crippen molar-refractivity contribution in [1.82, 2.24) is 25.6 Å². The van der Waals surface area contributed by atoms with Crippen LogP contribution in [0.5, 0.6) is 0 Å². The summed E-state index contributed by atoms with van der Waals surface area (Å²) in [7, 11) is 0. The molecule has 1 aliphatic carbocycles. The summed E-state index contributed by atoms with van der Waals surface area (Å²) in [5, 5.41) is 18.0. The van der Waals surface area contributed by atoms with Crippen molar-refractivity contribution in [2.75, 3.05) is 5.32 Å². The minimum absolute atomic E-state index is 0.197. The van der Waals surface area contributed by atoms with Crippen molar-refractivity contribution in [2.24, 2.45) is 0 Å². The minimum Gasteiger partial charge on any atom is -0.402 e. The van der Waals surface area contributed by atoms with E-state index in [9.17, 15) is 14.4 Å². The van der Waals surface area contributed by atoms with E-state index in [0.29, 0.717) is 34.0 Å². The van der Waals surface area contributed by atoms with Crippen molar-refractivity contribution >= 4 is 35.3 Å². The van der Waals surface area contributed by atoms with Gasteiger partial charge in [0.15, 0.2) is 5.69 Å². The van der Waals surface area contributed by atoms with E-state index in [0.717, 1.165) is 18.4 Å². The van der Waals surface area contributed by atoms with Crippen LogP contribution in [0, 0.1) is 6.92 Å². The number of carbonyl (C=O) groups is 3. The second-order valence-electron chi connectivity index (χ2n) is 8.83. The Labute approximate surface area is 197 Å². The molecule has 2 aliphatic heterocycles. The van der Waals surface area contributed by atoms with E-state index in [1.165, 1.54) is 4.90 Å². The molecule has 2 fully saturated rings. The van der Waals surface area contributed by atoms with Crippen LogP contribution in [-0.4, -0.2) is 44.0 Å². The molecule has 2 N–H and O–H groups in total. The van der Waals surface area contributed by atoms with Crippen LogP contribution in [0.3, 0.4) is 0 Å². The maximum absolute atomic E-state index is 13.2. The molecule has 34 heavy (non-hydrogen) atoms. The number of anilines is 1. The van der Waals surface area contributed by atoms with Gasteiger partial charge in [0.05, 0.1) is 5.54 Å². The van der Waals surface area contributed by atoms with Crippen LogP contribution in [-0.2, 0) is 21.7 Å². The Morgan fingerprint density at radius 2 is 2.03 bits per heavy atom. The van der Waals surface area contributed by atoms with Crippen molar-refractivity contribution in [2.45, 2.75) is 50.7 Å². The van der Waals surface area contributed by atoms with Gasteiger partial charge in [-0.3, -0.25) is 19.7 Å². The molecule has 1 unspecified atom stereocenters. The van der Waals surface area contributed by atoms with Crippen LogP contribution in [0.1, 0.15) is 52.9 Å². The van der Waals surface area contributed by atoms with Crippen LogP contribution in [0.25, 0.3) is 11.6 Å². The van der Waals surface area contributed by atoms with E-state index in [2.05, 4.69) is 26.0 Å². The third-order valence-electron chi connectivity index (χ3n) is 6.52. The summed E-state index contributed by atoms with van der Waals surface area (Å²) in [6.45, 7) is 2.00. The summed E-state index contributed by atoms with van der Waals surface area (Å²) in [5.41, 5.74) is 1.92. The van der Waals surface area contributed by atoms with Crippen molar-refractivity contribution in [3.05, 3.63) is 45.7 Å². The largest absolute Gasteiger partial charge is 0.402 e. The highest BCUT2D eigenvalue weighted by Gasteiger charge is 2.48. The minimum atomic E-state index is -0.692. The fraction of sp³-hybridized carbons (Fsp3) is 0.364. The Hall–Kier alpha value is -3.73. The number of aromatic nitrogens is 3. The quantitative estimate of drug-likeness (QED) is 0.524. The number of halogens is 1. The number of fused-ring (bicyclic) bond motifs is 1. The van der Waals surface area contributed by atoms with E-state index in [-0.39, 0.29) is 36.7 Å². The number of rotatable bonds is 5. The molecule has 3 aliphatic rings. The smallest absolute Gasteiger partial charge is 0.316 e. The molecule has 3 amide bonds. The molecule has 2 aromatic heterocycles. The fourth-order valence-corrected chi connectivity index (χ4v) is 4.83. The summed E-state index contributed by atoms with van der Waals surface area (Å²) in [5.74, 6) is -0.188. The third kappa shape index (κ3) is 3.35. The van der Waals surface area contributed by atoms with Gasteiger partial charge < -0.3 is 19.2 Å². The number of benzene rings is 1. The highest BCUT2D eigenvalue weighted by Crippen LogP contribution is 2.50. The van der Waals surface area contributed by atoms with Gasteiger partial charge in [0.25, 0.3) is 11.8 Å². The van der Waals surface area contributed by atoms with Crippen LogP contribution in [0.4, 0.5) is 6.01 Å². The Kier molecular flexibility index (Phi) is 4.53. The number of piperidine rings is 1. The van der Waals surface area contributed by atoms with E-state index in [4.69, 9.17) is 20.5 Å². The number of hydrogen-bond donors (Lipinski definition) is 2. The topological polar surface area (TPSA) is 143 Å². The lowest BCUT2D eigenvalue weighted by Gasteiger charge is -2.29. The average molecular weight is 483 g/mol. The van der Waals surface area contributed by atoms with Crippen LogP contribution >= 0.6 is 11.6 Å². The molecule has 12 heteroatoms. The number of nitrogens with zero attached hydrogens (tertiary/aromatic N) is 4. The summed E-state index contributed by atoms with van der Waals surface area (Å²) >= 11 is 6.60. The van der Waals surface area contributed by atoms with Gasteiger partial charge in [-0.15, -0.1) is 5.10 Å². The molecule has 3 aromatic rings. The monoisotopic (exact) mass is 482 g/mol. The van der Waals surface area contributed by atoms with Crippen LogP contribution < -0.4 is 10.6 Å². The zero-order valence-electron chi connectivity index (χ0n) is 18.1. The van der Waals surface area contributed by atoms with Gasteiger partial charge in [-0.1, -0.05) is 21.9 Å². The van der Waals surface area contributed by atoms with Gasteiger partial charge in [-0.05, 0) is 43.9 Å². The lowest BCUT2D eigenvalue weighted by Crippen LogP contribution is -2.52. The molecule has 6 rings (SSSR count). The zero-order chi connectivity index (χ0) is 23.6. The molecule has 1 atom stereocenters. The van der Waals surface area contributed by atoms with Crippen LogP contribution in [0.2, 0.25) is 5.02 Å². The molecule has 1 saturated heterocycles. The number of imide groups is 1. The SMILES string of the molecule is Cc1cc(-c2nnc(NC3(c4cc(Cl)c5c(c4)C(=O)N(C4CCC(=O)NC4=O)C5)CC3)o2)no1. The van der Waals surface area contributed by atoms with Crippen molar-refractivity contribution in [3.8, 4) is 11.6 Å². The molecular weight excluding hydrogens is 464 g/mol. The Morgan fingerprint density at radius 1 is 1.21 bits per heavy atom.